The normalized spacial score (nSPS) is 10.2. The van der Waals surface area contributed by atoms with E-state index in [4.69, 9.17) is 9.84 Å². The zero-order valence-corrected chi connectivity index (χ0v) is 10.2. The predicted octanol–water partition coefficient (Wildman–Crippen LogP) is 0.508. The number of aromatic nitrogens is 2. The van der Waals surface area contributed by atoms with Crippen LogP contribution in [0.5, 0.6) is 0 Å². The first kappa shape index (κ1) is 14.6. The van der Waals surface area contributed by atoms with Crippen LogP contribution in [0.15, 0.2) is 6.20 Å². The Morgan fingerprint density at radius 1 is 1.53 bits per heavy atom. The average Bonchev–Trinajstić information content (AvgIpc) is 2.68. The molecule has 104 valence electrons. The van der Waals surface area contributed by atoms with Gasteiger partial charge in [0.25, 0.3) is 0 Å². The van der Waals surface area contributed by atoms with Gasteiger partial charge in [-0.2, -0.15) is 0 Å². The standard InChI is InChI=1S/C10H13N3O6/c1-7-6-11-10(13(17)18)12(7)4-5-19-9(16)3-2-8(14)15/h6H,2-5H2,1H3,(H,14,15). The van der Waals surface area contributed by atoms with E-state index in [1.165, 1.54) is 10.8 Å². The Hall–Kier alpha value is -2.45. The largest absolute Gasteiger partial charge is 0.481 e. The molecule has 0 bridgehead atoms. The highest BCUT2D eigenvalue weighted by Gasteiger charge is 2.18. The lowest BCUT2D eigenvalue weighted by Gasteiger charge is -2.05. The van der Waals surface area contributed by atoms with Crippen LogP contribution >= 0.6 is 0 Å². The van der Waals surface area contributed by atoms with E-state index in [2.05, 4.69) is 4.98 Å². The zero-order valence-electron chi connectivity index (χ0n) is 10.2. The molecule has 0 amide bonds. The van der Waals surface area contributed by atoms with Crippen molar-refractivity contribution in [2.24, 2.45) is 0 Å². The molecule has 0 radical (unpaired) electrons. The van der Waals surface area contributed by atoms with Gasteiger partial charge < -0.3 is 20.0 Å². The fraction of sp³-hybridized carbons (Fsp3) is 0.500. The Morgan fingerprint density at radius 3 is 2.79 bits per heavy atom. The number of hydrogen-bond acceptors (Lipinski definition) is 6. The molecule has 1 aromatic rings. The van der Waals surface area contributed by atoms with Crippen molar-refractivity contribution in [3.05, 3.63) is 22.0 Å². The van der Waals surface area contributed by atoms with Gasteiger partial charge in [-0.25, -0.2) is 4.57 Å². The summed E-state index contributed by atoms with van der Waals surface area (Å²) in [5.74, 6) is -2.06. The average molecular weight is 271 g/mol. The van der Waals surface area contributed by atoms with Gasteiger partial charge in [0, 0.05) is 0 Å². The van der Waals surface area contributed by atoms with Crippen molar-refractivity contribution in [3.63, 3.8) is 0 Å². The van der Waals surface area contributed by atoms with Gasteiger partial charge in [0.05, 0.1) is 12.8 Å². The summed E-state index contributed by atoms with van der Waals surface area (Å²) in [6.07, 6.45) is 0.827. The summed E-state index contributed by atoms with van der Waals surface area (Å²) in [7, 11) is 0. The number of rotatable bonds is 7. The molecule has 0 atom stereocenters. The highest BCUT2D eigenvalue weighted by molar-refractivity contribution is 5.76. The second kappa shape index (κ2) is 6.47. The Balaban J connectivity index is 2.45. The van der Waals surface area contributed by atoms with Crippen molar-refractivity contribution < 1.29 is 24.4 Å². The molecule has 1 N–H and O–H groups in total. The number of nitrogens with zero attached hydrogens (tertiary/aromatic N) is 3. The van der Waals surface area contributed by atoms with Gasteiger partial charge in [-0.3, -0.25) is 9.59 Å². The minimum atomic E-state index is -1.09. The number of carboxylic acid groups (broad SMARTS) is 1. The Labute approximate surface area is 108 Å². The first-order chi connectivity index (χ1) is 8.91. The fourth-order valence-corrected chi connectivity index (χ4v) is 1.40. The second-order valence-electron chi connectivity index (χ2n) is 3.72. The van der Waals surface area contributed by atoms with Gasteiger partial charge in [-0.15, -0.1) is 0 Å². The number of imidazole rings is 1. The molecular weight excluding hydrogens is 258 g/mol. The number of ether oxygens (including phenoxy) is 1. The summed E-state index contributed by atoms with van der Waals surface area (Å²) < 4.78 is 6.09. The minimum absolute atomic E-state index is 0.0729. The molecular formula is C10H13N3O6. The quantitative estimate of drug-likeness (QED) is 0.435. The smallest absolute Gasteiger partial charge is 0.434 e. The number of carbonyl (C=O) groups is 2. The summed E-state index contributed by atoms with van der Waals surface area (Å²) in [6.45, 7) is 1.67. The van der Waals surface area contributed by atoms with Crippen molar-refractivity contribution in [2.45, 2.75) is 26.3 Å². The molecule has 0 fully saturated rings. The topological polar surface area (TPSA) is 125 Å². The van der Waals surface area contributed by atoms with E-state index in [9.17, 15) is 19.7 Å². The summed E-state index contributed by atoms with van der Waals surface area (Å²) in [4.78, 5) is 35.0. The highest BCUT2D eigenvalue weighted by Crippen LogP contribution is 2.11. The van der Waals surface area contributed by atoms with E-state index in [1.807, 2.05) is 0 Å². The van der Waals surface area contributed by atoms with Gasteiger partial charge >= 0.3 is 17.9 Å². The highest BCUT2D eigenvalue weighted by atomic mass is 16.6. The number of aliphatic carboxylic acids is 1. The predicted molar refractivity (Wildman–Crippen MR) is 61.4 cm³/mol. The maximum atomic E-state index is 11.1. The molecule has 1 rings (SSSR count). The summed E-state index contributed by atoms with van der Waals surface area (Å²) in [5.41, 5.74) is 0.577. The number of carbonyl (C=O) groups excluding carboxylic acids is 1. The molecule has 0 aliphatic heterocycles. The Bertz CT molecular complexity index is 495. The molecule has 19 heavy (non-hydrogen) atoms. The molecule has 0 aromatic carbocycles. The Kier molecular flexibility index (Phi) is 4.98. The van der Waals surface area contributed by atoms with Crippen LogP contribution in [0, 0.1) is 17.0 Å². The van der Waals surface area contributed by atoms with Crippen LogP contribution in [-0.4, -0.2) is 38.1 Å². The molecule has 9 heteroatoms. The zero-order chi connectivity index (χ0) is 14.4. The van der Waals surface area contributed by atoms with Crippen molar-refractivity contribution in [1.82, 2.24) is 9.55 Å². The van der Waals surface area contributed by atoms with E-state index in [0.717, 1.165) is 0 Å². The van der Waals surface area contributed by atoms with Crippen LogP contribution in [0.4, 0.5) is 5.95 Å². The van der Waals surface area contributed by atoms with Crippen molar-refractivity contribution >= 4 is 17.9 Å². The Morgan fingerprint density at radius 2 is 2.21 bits per heavy atom. The third kappa shape index (κ3) is 4.37. The summed E-state index contributed by atoms with van der Waals surface area (Å²) >= 11 is 0. The van der Waals surface area contributed by atoms with E-state index in [1.54, 1.807) is 6.92 Å². The molecule has 0 unspecified atom stereocenters. The molecule has 1 heterocycles. The third-order valence-corrected chi connectivity index (χ3v) is 2.32. The summed E-state index contributed by atoms with van der Waals surface area (Å²) in [6, 6.07) is 0. The van der Waals surface area contributed by atoms with Crippen molar-refractivity contribution in [2.75, 3.05) is 6.61 Å². The van der Waals surface area contributed by atoms with Gasteiger partial charge in [-0.05, 0) is 11.8 Å². The summed E-state index contributed by atoms with van der Waals surface area (Å²) in [5, 5.41) is 19.0. The third-order valence-electron chi connectivity index (χ3n) is 2.32. The van der Waals surface area contributed by atoms with Crippen molar-refractivity contribution in [1.29, 1.82) is 0 Å². The van der Waals surface area contributed by atoms with Gasteiger partial charge in [-0.1, -0.05) is 4.98 Å². The van der Waals surface area contributed by atoms with Crippen molar-refractivity contribution in [3.8, 4) is 0 Å². The maximum absolute atomic E-state index is 11.1. The molecule has 0 saturated carbocycles. The minimum Gasteiger partial charge on any atom is -0.481 e. The van der Waals surface area contributed by atoms with E-state index >= 15 is 0 Å². The first-order valence-electron chi connectivity index (χ1n) is 5.45. The second-order valence-corrected chi connectivity index (χ2v) is 3.72. The first-order valence-corrected chi connectivity index (χ1v) is 5.45. The fourth-order valence-electron chi connectivity index (χ4n) is 1.40. The van der Waals surface area contributed by atoms with Crippen LogP contribution < -0.4 is 0 Å². The van der Waals surface area contributed by atoms with Gasteiger partial charge in [0.2, 0.25) is 0 Å². The number of nitro groups is 1. The molecule has 0 aliphatic rings. The van der Waals surface area contributed by atoms with E-state index in [-0.39, 0.29) is 31.9 Å². The molecule has 0 spiro atoms. The van der Waals surface area contributed by atoms with Gasteiger partial charge in [0.15, 0.2) is 0 Å². The number of hydrogen-bond donors (Lipinski definition) is 1. The number of esters is 1. The maximum Gasteiger partial charge on any atom is 0.434 e. The lowest BCUT2D eigenvalue weighted by atomic mass is 10.3. The van der Waals surface area contributed by atoms with Gasteiger partial charge in [0.1, 0.15) is 25.0 Å². The molecule has 0 saturated heterocycles. The van der Waals surface area contributed by atoms with Crippen LogP contribution in [0.2, 0.25) is 0 Å². The molecule has 1 aromatic heterocycles. The molecule has 0 aliphatic carbocycles. The SMILES string of the molecule is Cc1cnc([N+](=O)[O-])n1CCOC(=O)CCC(=O)O. The van der Waals surface area contributed by atoms with Crippen LogP contribution in [0.1, 0.15) is 18.5 Å². The van der Waals surface area contributed by atoms with Crippen LogP contribution in [-0.2, 0) is 20.9 Å². The lowest BCUT2D eigenvalue weighted by Crippen LogP contribution is -2.14. The number of carboxylic acids is 1. The number of aryl methyl sites for hydroxylation is 1. The molecule has 9 nitrogen and oxygen atoms in total. The van der Waals surface area contributed by atoms with Crippen LogP contribution in [0.25, 0.3) is 0 Å². The van der Waals surface area contributed by atoms with E-state index < -0.39 is 16.9 Å². The van der Waals surface area contributed by atoms with E-state index in [0.29, 0.717) is 5.69 Å². The monoisotopic (exact) mass is 271 g/mol. The van der Waals surface area contributed by atoms with Crippen LogP contribution in [0.3, 0.4) is 0 Å². The lowest BCUT2D eigenvalue weighted by molar-refractivity contribution is -0.396.